The van der Waals surface area contributed by atoms with Gasteiger partial charge < -0.3 is 14.8 Å². The maximum Gasteiger partial charge on any atom is 0.253 e. The number of benzene rings is 1. The molecule has 3 heterocycles. The number of tetrazole rings is 1. The van der Waals surface area contributed by atoms with E-state index in [0.29, 0.717) is 35.5 Å². The molecule has 1 aliphatic rings. The molecule has 1 aromatic carbocycles. The van der Waals surface area contributed by atoms with Crippen molar-refractivity contribution in [3.63, 3.8) is 0 Å². The lowest BCUT2D eigenvalue weighted by molar-refractivity contribution is 0.0238. The predicted molar refractivity (Wildman–Crippen MR) is 104 cm³/mol. The summed E-state index contributed by atoms with van der Waals surface area (Å²) >= 11 is 6.26. The van der Waals surface area contributed by atoms with Gasteiger partial charge in [-0.2, -0.15) is 4.68 Å². The summed E-state index contributed by atoms with van der Waals surface area (Å²) in [5.41, 5.74) is 1.13. The van der Waals surface area contributed by atoms with E-state index in [0.717, 1.165) is 18.5 Å². The normalized spacial score (nSPS) is 14.5. The zero-order valence-corrected chi connectivity index (χ0v) is 16.2. The number of rotatable bonds is 6. The topological polar surface area (TPSA) is 104 Å². The zero-order valence-electron chi connectivity index (χ0n) is 15.5. The Morgan fingerprint density at radius 1 is 1.28 bits per heavy atom. The van der Waals surface area contributed by atoms with E-state index < -0.39 is 0 Å². The van der Waals surface area contributed by atoms with Crippen LogP contribution in [0.2, 0.25) is 5.02 Å². The van der Waals surface area contributed by atoms with E-state index in [9.17, 15) is 4.79 Å². The molecule has 9 nitrogen and oxygen atoms in total. The number of hydrogen-bond donors (Lipinski definition) is 1. The fourth-order valence-electron chi connectivity index (χ4n) is 2.94. The lowest BCUT2D eigenvalue weighted by Crippen LogP contribution is -2.27. The molecule has 0 aliphatic carbocycles. The number of nitrogens with zero attached hydrogens (tertiary/aromatic N) is 5. The lowest BCUT2D eigenvalue weighted by Gasteiger charge is -2.23. The third kappa shape index (κ3) is 4.69. The van der Waals surface area contributed by atoms with E-state index in [2.05, 4.69) is 25.8 Å². The summed E-state index contributed by atoms with van der Waals surface area (Å²) in [6.07, 6.45) is 3.04. The first-order valence-electron chi connectivity index (χ1n) is 9.21. The van der Waals surface area contributed by atoms with Gasteiger partial charge in [-0.15, -0.1) is 5.10 Å². The Balaban J connectivity index is 1.39. The van der Waals surface area contributed by atoms with Crippen LogP contribution in [0.15, 0.2) is 42.6 Å². The number of para-hydroxylation sites is 1. The summed E-state index contributed by atoms with van der Waals surface area (Å²) in [7, 11) is 0. The third-order valence-corrected chi connectivity index (χ3v) is 4.73. The quantitative estimate of drug-likeness (QED) is 0.659. The van der Waals surface area contributed by atoms with Crippen LogP contribution in [0, 0.1) is 0 Å². The summed E-state index contributed by atoms with van der Waals surface area (Å²) in [4.78, 5) is 16.7. The van der Waals surface area contributed by atoms with Crippen molar-refractivity contribution in [2.75, 3.05) is 13.2 Å². The first-order valence-corrected chi connectivity index (χ1v) is 9.59. The van der Waals surface area contributed by atoms with E-state index in [1.165, 1.54) is 6.20 Å². The second-order valence-corrected chi connectivity index (χ2v) is 6.87. The van der Waals surface area contributed by atoms with Gasteiger partial charge in [0.1, 0.15) is 11.1 Å². The van der Waals surface area contributed by atoms with Crippen LogP contribution in [0.4, 0.5) is 0 Å². The first kappa shape index (κ1) is 19.3. The van der Waals surface area contributed by atoms with Crippen molar-refractivity contribution in [1.82, 2.24) is 30.5 Å². The molecule has 0 atom stereocenters. The largest absolute Gasteiger partial charge is 0.473 e. The highest BCUT2D eigenvalue weighted by molar-refractivity contribution is 6.32. The summed E-state index contributed by atoms with van der Waals surface area (Å²) < 4.78 is 12.7. The third-order valence-electron chi connectivity index (χ3n) is 4.46. The van der Waals surface area contributed by atoms with Gasteiger partial charge in [0, 0.05) is 19.0 Å². The van der Waals surface area contributed by atoms with Gasteiger partial charge in [0.15, 0.2) is 5.82 Å². The molecule has 0 radical (unpaired) electrons. The van der Waals surface area contributed by atoms with Crippen molar-refractivity contribution < 1.29 is 14.3 Å². The Labute approximate surface area is 172 Å². The van der Waals surface area contributed by atoms with Crippen molar-refractivity contribution in [2.24, 2.45) is 0 Å². The predicted octanol–water partition coefficient (Wildman–Crippen LogP) is 2.20. The number of amides is 1. The molecule has 3 aromatic rings. The highest BCUT2D eigenvalue weighted by Crippen LogP contribution is 2.25. The smallest absolute Gasteiger partial charge is 0.253 e. The van der Waals surface area contributed by atoms with Crippen LogP contribution >= 0.6 is 11.6 Å². The van der Waals surface area contributed by atoms with E-state index in [1.807, 2.05) is 30.3 Å². The number of ether oxygens (including phenoxy) is 2. The molecule has 2 aromatic heterocycles. The molecule has 0 bridgehead atoms. The minimum atomic E-state index is -0.334. The number of pyridine rings is 1. The number of carbonyl (C=O) groups is 1. The highest BCUT2D eigenvalue weighted by atomic mass is 35.5. The van der Waals surface area contributed by atoms with Gasteiger partial charge in [-0.1, -0.05) is 29.8 Å². The van der Waals surface area contributed by atoms with E-state index in [4.69, 9.17) is 21.1 Å². The monoisotopic (exact) mass is 414 g/mol. The van der Waals surface area contributed by atoms with Gasteiger partial charge >= 0.3 is 0 Å². The molecular formula is C19H19ClN6O3. The van der Waals surface area contributed by atoms with Gasteiger partial charge in [-0.25, -0.2) is 4.98 Å². The summed E-state index contributed by atoms with van der Waals surface area (Å²) in [6.45, 7) is 1.47. The Morgan fingerprint density at radius 2 is 2.07 bits per heavy atom. The molecular weight excluding hydrogens is 396 g/mol. The molecule has 1 N–H and O–H groups in total. The van der Waals surface area contributed by atoms with Crippen molar-refractivity contribution in [2.45, 2.75) is 25.5 Å². The lowest BCUT2D eigenvalue weighted by atomic mass is 10.1. The summed E-state index contributed by atoms with van der Waals surface area (Å²) in [5, 5.41) is 14.7. The maximum atomic E-state index is 12.5. The Bertz CT molecular complexity index is 975. The molecule has 0 spiro atoms. The van der Waals surface area contributed by atoms with Crippen LogP contribution in [0.25, 0.3) is 5.69 Å². The second-order valence-electron chi connectivity index (χ2n) is 6.47. The van der Waals surface area contributed by atoms with Crippen molar-refractivity contribution in [3.8, 4) is 11.6 Å². The Morgan fingerprint density at radius 3 is 2.83 bits per heavy atom. The highest BCUT2D eigenvalue weighted by Gasteiger charge is 2.19. The molecule has 1 fully saturated rings. The molecule has 1 aliphatic heterocycles. The molecule has 1 amide bonds. The fourth-order valence-corrected chi connectivity index (χ4v) is 3.15. The second kappa shape index (κ2) is 8.97. The standard InChI is InChI=1S/C19H19ClN6O3/c20-16-10-13(11-22-19(16)29-15-6-8-28-9-7-15)18(27)21-12-17-23-24-25-26(17)14-4-2-1-3-5-14/h1-5,10-11,15H,6-9,12H2,(H,21,27). The average molecular weight is 415 g/mol. The minimum Gasteiger partial charge on any atom is -0.473 e. The summed E-state index contributed by atoms with van der Waals surface area (Å²) in [5.74, 6) is 0.492. The number of aromatic nitrogens is 5. The van der Waals surface area contributed by atoms with Gasteiger partial charge in [-0.3, -0.25) is 4.79 Å². The molecule has 4 rings (SSSR count). The van der Waals surface area contributed by atoms with E-state index >= 15 is 0 Å². The fraction of sp³-hybridized carbons (Fsp3) is 0.316. The number of hydrogen-bond acceptors (Lipinski definition) is 7. The van der Waals surface area contributed by atoms with E-state index in [-0.39, 0.29) is 18.6 Å². The number of carbonyl (C=O) groups excluding carboxylic acids is 1. The molecule has 10 heteroatoms. The maximum absolute atomic E-state index is 12.5. The van der Waals surface area contributed by atoms with Gasteiger partial charge in [0.25, 0.3) is 5.91 Å². The minimum absolute atomic E-state index is 0.0188. The zero-order chi connectivity index (χ0) is 20.1. The van der Waals surface area contributed by atoms with Crippen LogP contribution in [-0.2, 0) is 11.3 Å². The number of nitrogens with one attached hydrogen (secondary N) is 1. The first-order chi connectivity index (χ1) is 14.2. The number of halogens is 1. The SMILES string of the molecule is O=C(NCc1nnnn1-c1ccccc1)c1cnc(OC2CCOCC2)c(Cl)c1. The van der Waals surface area contributed by atoms with Crippen LogP contribution in [0.5, 0.6) is 5.88 Å². The Kier molecular flexibility index (Phi) is 5.97. The van der Waals surface area contributed by atoms with Crippen LogP contribution < -0.4 is 10.1 Å². The van der Waals surface area contributed by atoms with Gasteiger partial charge in [0.05, 0.1) is 31.0 Å². The summed E-state index contributed by atoms with van der Waals surface area (Å²) in [6, 6.07) is 11.0. The molecule has 0 unspecified atom stereocenters. The van der Waals surface area contributed by atoms with E-state index in [1.54, 1.807) is 10.7 Å². The van der Waals surface area contributed by atoms with Crippen LogP contribution in [0.3, 0.4) is 0 Å². The van der Waals surface area contributed by atoms with Crippen LogP contribution in [-0.4, -0.2) is 50.4 Å². The molecule has 0 saturated carbocycles. The van der Waals surface area contributed by atoms with Crippen molar-refractivity contribution >= 4 is 17.5 Å². The molecule has 150 valence electrons. The average Bonchev–Trinajstić information content (AvgIpc) is 3.23. The Hall–Kier alpha value is -3.04. The van der Waals surface area contributed by atoms with Gasteiger partial charge in [-0.05, 0) is 28.6 Å². The van der Waals surface area contributed by atoms with Gasteiger partial charge in [0.2, 0.25) is 5.88 Å². The molecule has 29 heavy (non-hydrogen) atoms. The van der Waals surface area contributed by atoms with Crippen molar-refractivity contribution in [3.05, 3.63) is 59.0 Å². The van der Waals surface area contributed by atoms with Crippen molar-refractivity contribution in [1.29, 1.82) is 0 Å². The molecule has 1 saturated heterocycles. The van der Waals surface area contributed by atoms with Crippen LogP contribution in [0.1, 0.15) is 29.0 Å².